The normalized spacial score (nSPS) is 25.4. The van der Waals surface area contributed by atoms with E-state index in [-0.39, 0.29) is 12.0 Å². The van der Waals surface area contributed by atoms with Crippen molar-refractivity contribution in [1.82, 2.24) is 9.80 Å². The zero-order chi connectivity index (χ0) is 12.1. The zero-order valence-electron chi connectivity index (χ0n) is 10.9. The molecule has 0 amide bonds. The molecule has 0 aromatic rings. The van der Waals surface area contributed by atoms with E-state index in [4.69, 9.17) is 4.74 Å². The first kappa shape index (κ1) is 13.5. The molecule has 0 aliphatic carbocycles. The molecule has 0 bridgehead atoms. The lowest BCUT2D eigenvalue weighted by atomic mass is 10.1. The third kappa shape index (κ3) is 3.19. The number of hydrogen-bond donors (Lipinski definition) is 0. The van der Waals surface area contributed by atoms with E-state index in [1.54, 1.807) is 0 Å². The average molecular weight is 228 g/mol. The van der Waals surface area contributed by atoms with E-state index in [1.165, 1.54) is 0 Å². The summed E-state index contributed by atoms with van der Waals surface area (Å²) in [6, 6.07) is 0.452. The van der Waals surface area contributed by atoms with Gasteiger partial charge in [0.05, 0.1) is 6.61 Å². The first-order valence-electron chi connectivity index (χ1n) is 6.21. The fraction of sp³-hybridized carbons (Fsp3) is 0.917. The molecule has 1 aliphatic heterocycles. The molecule has 0 aromatic carbocycles. The van der Waals surface area contributed by atoms with E-state index >= 15 is 0 Å². The molecule has 1 saturated heterocycles. The molecular formula is C12H24N2O2. The van der Waals surface area contributed by atoms with Gasteiger partial charge in [0.25, 0.3) is 0 Å². The Labute approximate surface area is 98.5 Å². The zero-order valence-corrected chi connectivity index (χ0v) is 10.9. The van der Waals surface area contributed by atoms with Gasteiger partial charge in [-0.1, -0.05) is 6.92 Å². The third-order valence-corrected chi connectivity index (χ3v) is 3.46. The Morgan fingerprint density at radius 3 is 2.69 bits per heavy atom. The second kappa shape index (κ2) is 6.21. The minimum Gasteiger partial charge on any atom is -0.465 e. The van der Waals surface area contributed by atoms with Crippen molar-refractivity contribution in [2.75, 3.05) is 33.3 Å². The smallest absolute Gasteiger partial charge is 0.323 e. The van der Waals surface area contributed by atoms with E-state index in [0.717, 1.165) is 26.1 Å². The number of rotatable bonds is 4. The van der Waals surface area contributed by atoms with Crippen LogP contribution in [0.1, 0.15) is 27.2 Å². The van der Waals surface area contributed by atoms with E-state index in [9.17, 15) is 4.79 Å². The van der Waals surface area contributed by atoms with Crippen LogP contribution < -0.4 is 0 Å². The lowest BCUT2D eigenvalue weighted by Gasteiger charge is -2.41. The second-order valence-corrected chi connectivity index (χ2v) is 4.47. The summed E-state index contributed by atoms with van der Waals surface area (Å²) in [6.07, 6.45) is 1.13. The monoisotopic (exact) mass is 228 g/mol. The molecule has 0 saturated carbocycles. The van der Waals surface area contributed by atoms with Crippen LogP contribution in [-0.2, 0) is 9.53 Å². The number of hydrogen-bond acceptors (Lipinski definition) is 4. The SMILES string of the molecule is CCOC(=O)C(C)N1CCN(C)C(CC)C1. The highest BCUT2D eigenvalue weighted by atomic mass is 16.5. The Kier molecular flexibility index (Phi) is 5.22. The van der Waals surface area contributed by atoms with Gasteiger partial charge in [0, 0.05) is 25.7 Å². The maximum absolute atomic E-state index is 11.6. The first-order valence-corrected chi connectivity index (χ1v) is 6.21. The summed E-state index contributed by atoms with van der Waals surface area (Å²) in [5.74, 6) is -0.0955. The number of nitrogens with zero attached hydrogens (tertiary/aromatic N) is 2. The Morgan fingerprint density at radius 2 is 2.12 bits per heavy atom. The molecule has 0 aromatic heterocycles. The molecular weight excluding hydrogens is 204 g/mol. The predicted octanol–water partition coefficient (Wildman–Crippen LogP) is 0.964. The van der Waals surface area contributed by atoms with Crippen LogP contribution in [0.5, 0.6) is 0 Å². The molecule has 0 N–H and O–H groups in total. The summed E-state index contributed by atoms with van der Waals surface area (Å²) in [6.45, 7) is 9.40. The lowest BCUT2D eigenvalue weighted by Crippen LogP contribution is -2.55. The molecule has 4 heteroatoms. The highest BCUT2D eigenvalue weighted by molar-refractivity contribution is 5.75. The maximum atomic E-state index is 11.6. The molecule has 2 unspecified atom stereocenters. The van der Waals surface area contributed by atoms with Gasteiger partial charge in [-0.25, -0.2) is 0 Å². The molecule has 0 spiro atoms. The van der Waals surface area contributed by atoms with Crippen LogP contribution in [0.3, 0.4) is 0 Å². The van der Waals surface area contributed by atoms with Crippen molar-refractivity contribution in [3.63, 3.8) is 0 Å². The number of carbonyl (C=O) groups excluding carboxylic acids is 1. The van der Waals surface area contributed by atoms with Crippen molar-refractivity contribution in [2.45, 2.75) is 39.3 Å². The van der Waals surface area contributed by atoms with Gasteiger partial charge < -0.3 is 9.64 Å². The summed E-state index contributed by atoms with van der Waals surface area (Å²) < 4.78 is 5.06. The van der Waals surface area contributed by atoms with Crippen LogP contribution >= 0.6 is 0 Å². The second-order valence-electron chi connectivity index (χ2n) is 4.47. The summed E-state index contributed by atoms with van der Waals surface area (Å²) in [5.41, 5.74) is 0. The maximum Gasteiger partial charge on any atom is 0.323 e. The van der Waals surface area contributed by atoms with Gasteiger partial charge in [0.15, 0.2) is 0 Å². The Bertz CT molecular complexity index is 233. The van der Waals surface area contributed by atoms with Crippen molar-refractivity contribution in [3.05, 3.63) is 0 Å². The van der Waals surface area contributed by atoms with Crippen molar-refractivity contribution >= 4 is 5.97 Å². The quantitative estimate of drug-likeness (QED) is 0.671. The Morgan fingerprint density at radius 1 is 1.44 bits per heavy atom. The number of carbonyl (C=O) groups is 1. The van der Waals surface area contributed by atoms with E-state index in [2.05, 4.69) is 23.8 Å². The first-order chi connectivity index (χ1) is 7.60. The average Bonchev–Trinajstić information content (AvgIpc) is 2.29. The van der Waals surface area contributed by atoms with E-state index in [1.807, 2.05) is 13.8 Å². The van der Waals surface area contributed by atoms with Gasteiger partial charge in [-0.2, -0.15) is 0 Å². The molecule has 1 heterocycles. The summed E-state index contributed by atoms with van der Waals surface area (Å²) in [5, 5.41) is 0. The van der Waals surface area contributed by atoms with Crippen molar-refractivity contribution in [2.24, 2.45) is 0 Å². The van der Waals surface area contributed by atoms with Crippen LogP contribution in [0, 0.1) is 0 Å². The summed E-state index contributed by atoms with van der Waals surface area (Å²) in [7, 11) is 2.15. The van der Waals surface area contributed by atoms with Crippen molar-refractivity contribution < 1.29 is 9.53 Å². The fourth-order valence-corrected chi connectivity index (χ4v) is 2.17. The number of piperazine rings is 1. The summed E-state index contributed by atoms with van der Waals surface area (Å²) >= 11 is 0. The number of esters is 1. The Hall–Kier alpha value is -0.610. The van der Waals surface area contributed by atoms with Crippen molar-refractivity contribution in [3.8, 4) is 0 Å². The van der Waals surface area contributed by atoms with Gasteiger partial charge in [0.1, 0.15) is 6.04 Å². The molecule has 94 valence electrons. The van der Waals surface area contributed by atoms with Gasteiger partial charge in [-0.05, 0) is 27.3 Å². The molecule has 1 fully saturated rings. The highest BCUT2D eigenvalue weighted by Gasteiger charge is 2.29. The van der Waals surface area contributed by atoms with E-state index < -0.39 is 0 Å². The minimum absolute atomic E-state index is 0.0955. The van der Waals surface area contributed by atoms with E-state index in [0.29, 0.717) is 12.6 Å². The topological polar surface area (TPSA) is 32.8 Å². The van der Waals surface area contributed by atoms with Gasteiger partial charge in [-0.3, -0.25) is 9.69 Å². The Balaban J connectivity index is 2.51. The molecule has 16 heavy (non-hydrogen) atoms. The molecule has 0 radical (unpaired) electrons. The minimum atomic E-state index is -0.109. The van der Waals surface area contributed by atoms with Crippen LogP contribution in [0.2, 0.25) is 0 Å². The van der Waals surface area contributed by atoms with Crippen LogP contribution in [0.25, 0.3) is 0 Å². The number of ether oxygens (including phenoxy) is 1. The lowest BCUT2D eigenvalue weighted by molar-refractivity contribution is -0.150. The number of likely N-dealkylation sites (N-methyl/N-ethyl adjacent to an activating group) is 1. The highest BCUT2D eigenvalue weighted by Crippen LogP contribution is 2.13. The summed E-state index contributed by atoms with van der Waals surface area (Å²) in [4.78, 5) is 16.2. The standard InChI is InChI=1S/C12H24N2O2/c1-5-11-9-14(8-7-13(11)4)10(3)12(15)16-6-2/h10-11H,5-9H2,1-4H3. The fourth-order valence-electron chi connectivity index (χ4n) is 2.17. The molecule has 1 aliphatic rings. The largest absolute Gasteiger partial charge is 0.465 e. The van der Waals surface area contributed by atoms with Crippen molar-refractivity contribution in [1.29, 1.82) is 0 Å². The van der Waals surface area contributed by atoms with Gasteiger partial charge in [-0.15, -0.1) is 0 Å². The third-order valence-electron chi connectivity index (χ3n) is 3.46. The van der Waals surface area contributed by atoms with Crippen LogP contribution in [-0.4, -0.2) is 61.1 Å². The van der Waals surface area contributed by atoms with Gasteiger partial charge >= 0.3 is 5.97 Å². The molecule has 2 atom stereocenters. The van der Waals surface area contributed by atoms with Gasteiger partial charge in [0.2, 0.25) is 0 Å². The predicted molar refractivity (Wildman–Crippen MR) is 64.4 cm³/mol. The molecule has 1 rings (SSSR count). The van der Waals surface area contributed by atoms with Crippen LogP contribution in [0.4, 0.5) is 0 Å². The van der Waals surface area contributed by atoms with Crippen LogP contribution in [0.15, 0.2) is 0 Å². The molecule has 4 nitrogen and oxygen atoms in total.